The maximum absolute atomic E-state index is 10.4. The van der Waals surface area contributed by atoms with Gasteiger partial charge in [-0.3, -0.25) is 0 Å². The third-order valence-corrected chi connectivity index (χ3v) is 3.76. The van der Waals surface area contributed by atoms with Gasteiger partial charge in [0.25, 0.3) is 0 Å². The highest BCUT2D eigenvalue weighted by Crippen LogP contribution is 2.32. The Labute approximate surface area is 97.7 Å². The Kier molecular flexibility index (Phi) is 3.62. The van der Waals surface area contributed by atoms with Crippen molar-refractivity contribution < 1.29 is 5.11 Å². The van der Waals surface area contributed by atoms with Crippen molar-refractivity contribution in [2.45, 2.75) is 50.8 Å². The summed E-state index contributed by atoms with van der Waals surface area (Å²) >= 11 is 0. The summed E-state index contributed by atoms with van der Waals surface area (Å²) < 4.78 is 0. The lowest BCUT2D eigenvalue weighted by molar-refractivity contribution is 0.0162. The van der Waals surface area contributed by atoms with Crippen LogP contribution in [0.5, 0.6) is 0 Å². The summed E-state index contributed by atoms with van der Waals surface area (Å²) in [5, 5.41) is 13.9. The Bertz CT molecular complexity index is 325. The SMILES string of the molecule is CCC1(O)CCCC1NCc1ccccc1. The lowest BCUT2D eigenvalue weighted by Gasteiger charge is -2.29. The van der Waals surface area contributed by atoms with Crippen molar-refractivity contribution in [1.82, 2.24) is 5.32 Å². The molecular formula is C14H21NO. The number of rotatable bonds is 4. The van der Waals surface area contributed by atoms with Crippen LogP contribution in [-0.2, 0) is 6.54 Å². The lowest BCUT2D eigenvalue weighted by Crippen LogP contribution is -2.46. The van der Waals surface area contributed by atoms with Crippen LogP contribution >= 0.6 is 0 Å². The highest BCUT2D eigenvalue weighted by atomic mass is 16.3. The first-order valence-corrected chi connectivity index (χ1v) is 6.24. The van der Waals surface area contributed by atoms with E-state index < -0.39 is 5.60 Å². The van der Waals surface area contributed by atoms with Gasteiger partial charge in [0, 0.05) is 12.6 Å². The quantitative estimate of drug-likeness (QED) is 0.815. The zero-order valence-corrected chi connectivity index (χ0v) is 9.95. The molecule has 2 rings (SSSR count). The second-order valence-electron chi connectivity index (χ2n) is 4.77. The Morgan fingerprint density at radius 3 is 2.81 bits per heavy atom. The van der Waals surface area contributed by atoms with Crippen molar-refractivity contribution in [3.8, 4) is 0 Å². The van der Waals surface area contributed by atoms with Crippen LogP contribution in [0.2, 0.25) is 0 Å². The van der Waals surface area contributed by atoms with Gasteiger partial charge in [0.05, 0.1) is 5.60 Å². The minimum Gasteiger partial charge on any atom is -0.388 e. The van der Waals surface area contributed by atoms with Crippen molar-refractivity contribution in [3.05, 3.63) is 35.9 Å². The average molecular weight is 219 g/mol. The topological polar surface area (TPSA) is 32.3 Å². The van der Waals surface area contributed by atoms with E-state index in [9.17, 15) is 5.11 Å². The van der Waals surface area contributed by atoms with Gasteiger partial charge in [-0.2, -0.15) is 0 Å². The van der Waals surface area contributed by atoms with Gasteiger partial charge in [0.15, 0.2) is 0 Å². The fraction of sp³-hybridized carbons (Fsp3) is 0.571. The molecule has 0 saturated heterocycles. The Balaban J connectivity index is 1.91. The molecule has 0 heterocycles. The average Bonchev–Trinajstić information content (AvgIpc) is 2.70. The molecule has 1 aliphatic rings. The largest absolute Gasteiger partial charge is 0.388 e. The summed E-state index contributed by atoms with van der Waals surface area (Å²) in [7, 11) is 0. The fourth-order valence-electron chi connectivity index (χ4n) is 2.61. The molecule has 2 unspecified atom stereocenters. The van der Waals surface area contributed by atoms with Gasteiger partial charge in [-0.1, -0.05) is 37.3 Å². The summed E-state index contributed by atoms with van der Waals surface area (Å²) in [4.78, 5) is 0. The second kappa shape index (κ2) is 4.98. The van der Waals surface area contributed by atoms with Gasteiger partial charge in [0.1, 0.15) is 0 Å². The van der Waals surface area contributed by atoms with E-state index in [4.69, 9.17) is 0 Å². The van der Waals surface area contributed by atoms with Crippen LogP contribution in [0.4, 0.5) is 0 Å². The lowest BCUT2D eigenvalue weighted by atomic mass is 9.94. The van der Waals surface area contributed by atoms with Crippen LogP contribution in [-0.4, -0.2) is 16.7 Å². The van der Waals surface area contributed by atoms with Crippen LogP contribution in [0, 0.1) is 0 Å². The molecule has 0 aromatic heterocycles. The van der Waals surface area contributed by atoms with Gasteiger partial charge in [-0.15, -0.1) is 0 Å². The minimum absolute atomic E-state index is 0.262. The van der Waals surface area contributed by atoms with Crippen molar-refractivity contribution in [2.75, 3.05) is 0 Å². The first-order valence-electron chi connectivity index (χ1n) is 6.24. The van der Waals surface area contributed by atoms with E-state index in [-0.39, 0.29) is 6.04 Å². The molecule has 1 aromatic carbocycles. The van der Waals surface area contributed by atoms with E-state index in [1.54, 1.807) is 0 Å². The van der Waals surface area contributed by atoms with E-state index in [0.29, 0.717) is 0 Å². The highest BCUT2D eigenvalue weighted by molar-refractivity contribution is 5.14. The predicted octanol–water partition coefficient (Wildman–Crippen LogP) is 2.47. The normalized spacial score (nSPS) is 29.5. The third kappa shape index (κ3) is 2.45. The summed E-state index contributed by atoms with van der Waals surface area (Å²) in [6.07, 6.45) is 4.02. The molecular weight excluding hydrogens is 198 g/mol. The summed E-state index contributed by atoms with van der Waals surface area (Å²) in [5.74, 6) is 0. The van der Waals surface area contributed by atoms with Crippen LogP contribution < -0.4 is 5.32 Å². The molecule has 0 spiro atoms. The molecule has 0 bridgehead atoms. The summed E-state index contributed by atoms with van der Waals surface area (Å²) in [6, 6.07) is 10.6. The molecule has 2 heteroatoms. The van der Waals surface area contributed by atoms with Crippen LogP contribution in [0.15, 0.2) is 30.3 Å². The summed E-state index contributed by atoms with van der Waals surface area (Å²) in [5.41, 5.74) is 0.808. The van der Waals surface area contributed by atoms with E-state index in [1.165, 1.54) is 5.56 Å². The second-order valence-corrected chi connectivity index (χ2v) is 4.77. The standard InChI is InChI=1S/C14H21NO/c1-2-14(16)10-6-9-13(14)15-11-12-7-4-3-5-8-12/h3-5,7-8,13,15-16H,2,6,9-11H2,1H3. The predicted molar refractivity (Wildman–Crippen MR) is 66.2 cm³/mol. The zero-order chi connectivity index (χ0) is 11.4. The van der Waals surface area contributed by atoms with Gasteiger partial charge < -0.3 is 10.4 Å². The van der Waals surface area contributed by atoms with Gasteiger partial charge >= 0.3 is 0 Å². The number of aliphatic hydroxyl groups is 1. The van der Waals surface area contributed by atoms with Gasteiger partial charge in [-0.05, 0) is 31.2 Å². The van der Waals surface area contributed by atoms with Crippen LogP contribution in [0.3, 0.4) is 0 Å². The maximum atomic E-state index is 10.4. The third-order valence-electron chi connectivity index (χ3n) is 3.76. The van der Waals surface area contributed by atoms with E-state index >= 15 is 0 Å². The van der Waals surface area contributed by atoms with Crippen molar-refractivity contribution in [1.29, 1.82) is 0 Å². The maximum Gasteiger partial charge on any atom is 0.0797 e. The van der Waals surface area contributed by atoms with Crippen molar-refractivity contribution in [3.63, 3.8) is 0 Å². The number of benzene rings is 1. The first kappa shape index (κ1) is 11.6. The smallest absolute Gasteiger partial charge is 0.0797 e. The number of hydrogen-bond acceptors (Lipinski definition) is 2. The molecule has 0 amide bonds. The van der Waals surface area contributed by atoms with Gasteiger partial charge in [0.2, 0.25) is 0 Å². The molecule has 16 heavy (non-hydrogen) atoms. The van der Waals surface area contributed by atoms with E-state index in [2.05, 4.69) is 36.5 Å². The Morgan fingerprint density at radius 2 is 2.12 bits per heavy atom. The summed E-state index contributed by atoms with van der Waals surface area (Å²) in [6.45, 7) is 2.93. The van der Waals surface area contributed by atoms with E-state index in [1.807, 2.05) is 6.07 Å². The minimum atomic E-state index is -0.477. The molecule has 0 aliphatic heterocycles. The van der Waals surface area contributed by atoms with Crippen molar-refractivity contribution >= 4 is 0 Å². The molecule has 2 nitrogen and oxygen atoms in total. The zero-order valence-electron chi connectivity index (χ0n) is 9.95. The molecule has 1 aliphatic carbocycles. The molecule has 2 atom stereocenters. The molecule has 1 saturated carbocycles. The van der Waals surface area contributed by atoms with E-state index in [0.717, 1.165) is 32.2 Å². The monoisotopic (exact) mass is 219 g/mol. The Morgan fingerprint density at radius 1 is 1.38 bits per heavy atom. The number of hydrogen-bond donors (Lipinski definition) is 2. The van der Waals surface area contributed by atoms with Gasteiger partial charge in [-0.25, -0.2) is 0 Å². The van der Waals surface area contributed by atoms with Crippen LogP contribution in [0.25, 0.3) is 0 Å². The molecule has 0 radical (unpaired) electrons. The molecule has 1 aromatic rings. The number of nitrogens with one attached hydrogen (secondary N) is 1. The molecule has 2 N–H and O–H groups in total. The fourth-order valence-corrected chi connectivity index (χ4v) is 2.61. The molecule has 88 valence electrons. The molecule has 1 fully saturated rings. The highest BCUT2D eigenvalue weighted by Gasteiger charge is 2.38. The van der Waals surface area contributed by atoms with Crippen molar-refractivity contribution in [2.24, 2.45) is 0 Å². The Hall–Kier alpha value is -0.860. The first-order chi connectivity index (χ1) is 7.74. The van der Waals surface area contributed by atoms with Crippen LogP contribution in [0.1, 0.15) is 38.2 Å².